The molecule has 2 aromatic carbocycles. The Balaban J connectivity index is 1.79. The number of hydrogen-bond donors (Lipinski definition) is 1. The van der Waals surface area contributed by atoms with Gasteiger partial charge in [-0.25, -0.2) is 12.8 Å². The van der Waals surface area contributed by atoms with Crippen molar-refractivity contribution >= 4 is 15.7 Å². The maximum absolute atomic E-state index is 13.4. The van der Waals surface area contributed by atoms with Gasteiger partial charge in [0, 0.05) is 5.69 Å². The van der Waals surface area contributed by atoms with Crippen LogP contribution in [-0.2, 0) is 10.0 Å². The Morgan fingerprint density at radius 2 is 1.88 bits per heavy atom. The predicted octanol–water partition coefficient (Wildman–Crippen LogP) is 3.87. The van der Waals surface area contributed by atoms with Crippen molar-refractivity contribution in [3.63, 3.8) is 0 Å². The van der Waals surface area contributed by atoms with E-state index in [0.29, 0.717) is 11.6 Å². The van der Waals surface area contributed by atoms with Crippen LogP contribution in [0.4, 0.5) is 10.1 Å². The van der Waals surface area contributed by atoms with Crippen molar-refractivity contribution in [3.05, 3.63) is 59.4 Å². The molecule has 4 nitrogen and oxygen atoms in total. The van der Waals surface area contributed by atoms with E-state index in [1.165, 1.54) is 6.07 Å². The summed E-state index contributed by atoms with van der Waals surface area (Å²) in [4.78, 5) is 0. The van der Waals surface area contributed by atoms with Crippen molar-refractivity contribution in [2.45, 2.75) is 24.7 Å². The Bertz CT molecular complexity index is 845. The van der Waals surface area contributed by atoms with Gasteiger partial charge in [0.1, 0.15) is 11.6 Å². The highest BCUT2D eigenvalue weighted by Gasteiger charge is 2.33. The zero-order valence-corrected chi connectivity index (χ0v) is 14.4. The first kappa shape index (κ1) is 16.8. The number of nitrogens with one attached hydrogen (secondary N) is 1. The molecule has 0 unspecified atom stereocenters. The molecule has 0 heterocycles. The number of ether oxygens (including phenoxy) is 1. The first-order valence-electron chi connectivity index (χ1n) is 7.77. The summed E-state index contributed by atoms with van der Waals surface area (Å²) in [6.07, 6.45) is 2.91. The largest absolute Gasteiger partial charge is 0.496 e. The fourth-order valence-corrected chi connectivity index (χ4v) is 3.79. The molecule has 6 heteroatoms. The van der Waals surface area contributed by atoms with Gasteiger partial charge in [-0.2, -0.15) is 0 Å². The molecule has 24 heavy (non-hydrogen) atoms. The summed E-state index contributed by atoms with van der Waals surface area (Å²) in [5.74, 6) is 1.13. The minimum absolute atomic E-state index is 0.215. The van der Waals surface area contributed by atoms with E-state index in [1.54, 1.807) is 31.4 Å². The van der Waals surface area contributed by atoms with Crippen LogP contribution in [0.25, 0.3) is 0 Å². The van der Waals surface area contributed by atoms with Crippen LogP contribution in [0.3, 0.4) is 0 Å². The molecule has 0 saturated heterocycles. The molecule has 1 fully saturated rings. The Hall–Kier alpha value is -2.08. The second-order valence-electron chi connectivity index (χ2n) is 6.25. The molecular formula is C18H20FNO3S. The molecule has 0 atom stereocenters. The summed E-state index contributed by atoms with van der Waals surface area (Å²) in [6, 6.07) is 12.0. The van der Waals surface area contributed by atoms with Gasteiger partial charge in [0.15, 0.2) is 0 Å². The van der Waals surface area contributed by atoms with E-state index in [2.05, 4.69) is 4.72 Å². The van der Waals surface area contributed by atoms with E-state index in [-0.39, 0.29) is 11.7 Å². The van der Waals surface area contributed by atoms with Crippen molar-refractivity contribution in [2.24, 2.45) is 0 Å². The molecule has 2 aromatic rings. The molecular weight excluding hydrogens is 329 g/mol. The number of anilines is 1. The number of sulfonamides is 1. The maximum Gasteiger partial charge on any atom is 0.229 e. The molecule has 1 N–H and O–H groups in total. The standard InChI is InChI=1S/C18H20FNO3S/c1-23-18-7-6-16(20-24(2,21)22)11-17(18)14-8-13(9-14)12-4-3-5-15(19)10-12/h3-7,10-11,13-14,20H,8-9H2,1-2H3. The molecule has 0 radical (unpaired) electrons. The monoisotopic (exact) mass is 349 g/mol. The number of methoxy groups -OCH3 is 1. The van der Waals surface area contributed by atoms with Crippen LogP contribution in [0, 0.1) is 5.82 Å². The van der Waals surface area contributed by atoms with Gasteiger partial charge >= 0.3 is 0 Å². The van der Waals surface area contributed by atoms with Crippen molar-refractivity contribution < 1.29 is 17.5 Å². The summed E-state index contributed by atoms with van der Waals surface area (Å²) < 4.78 is 44.1. The van der Waals surface area contributed by atoms with Gasteiger partial charge in [-0.3, -0.25) is 4.72 Å². The van der Waals surface area contributed by atoms with Crippen LogP contribution in [0.5, 0.6) is 5.75 Å². The fourth-order valence-electron chi connectivity index (χ4n) is 3.24. The predicted molar refractivity (Wildman–Crippen MR) is 92.6 cm³/mol. The number of benzene rings is 2. The van der Waals surface area contributed by atoms with Crippen LogP contribution in [0.2, 0.25) is 0 Å². The van der Waals surface area contributed by atoms with E-state index >= 15 is 0 Å². The molecule has 128 valence electrons. The lowest BCUT2D eigenvalue weighted by molar-refractivity contribution is 0.332. The summed E-state index contributed by atoms with van der Waals surface area (Å²) in [6.45, 7) is 0. The van der Waals surface area contributed by atoms with Crippen molar-refractivity contribution in [3.8, 4) is 5.75 Å². The van der Waals surface area contributed by atoms with Crippen LogP contribution in [-0.4, -0.2) is 21.8 Å². The van der Waals surface area contributed by atoms with Gasteiger partial charge in [-0.1, -0.05) is 12.1 Å². The molecule has 0 aliphatic heterocycles. The lowest BCUT2D eigenvalue weighted by Crippen LogP contribution is -2.21. The van der Waals surface area contributed by atoms with E-state index in [4.69, 9.17) is 4.74 Å². The Morgan fingerprint density at radius 3 is 2.50 bits per heavy atom. The van der Waals surface area contributed by atoms with Crippen molar-refractivity contribution in [1.29, 1.82) is 0 Å². The zero-order valence-electron chi connectivity index (χ0n) is 13.6. The first-order valence-corrected chi connectivity index (χ1v) is 9.66. The van der Waals surface area contributed by atoms with Crippen LogP contribution < -0.4 is 9.46 Å². The van der Waals surface area contributed by atoms with E-state index in [9.17, 15) is 12.8 Å². The molecule has 0 spiro atoms. The van der Waals surface area contributed by atoms with E-state index < -0.39 is 10.0 Å². The average Bonchev–Trinajstić information content (AvgIpc) is 2.44. The summed E-state index contributed by atoms with van der Waals surface area (Å²) in [5, 5.41) is 0. The first-order chi connectivity index (χ1) is 11.4. The second kappa shape index (κ2) is 6.43. The Morgan fingerprint density at radius 1 is 1.12 bits per heavy atom. The highest BCUT2D eigenvalue weighted by atomic mass is 32.2. The minimum Gasteiger partial charge on any atom is -0.496 e. The van der Waals surface area contributed by atoms with Crippen molar-refractivity contribution in [1.82, 2.24) is 0 Å². The lowest BCUT2D eigenvalue weighted by Gasteiger charge is -2.37. The Labute approximate surface area is 141 Å². The number of halogens is 1. The topological polar surface area (TPSA) is 55.4 Å². The van der Waals surface area contributed by atoms with Crippen LogP contribution in [0.1, 0.15) is 35.8 Å². The zero-order chi connectivity index (χ0) is 17.3. The molecule has 1 saturated carbocycles. The van der Waals surface area contributed by atoms with E-state index in [1.807, 2.05) is 12.1 Å². The second-order valence-corrected chi connectivity index (χ2v) is 8.00. The SMILES string of the molecule is COc1ccc(NS(C)(=O)=O)cc1C1CC(c2cccc(F)c2)C1. The molecule has 3 rings (SSSR count). The van der Waals surface area contributed by atoms with Crippen molar-refractivity contribution in [2.75, 3.05) is 18.1 Å². The molecule has 0 amide bonds. The van der Waals surface area contributed by atoms with Gasteiger partial charge in [-0.15, -0.1) is 0 Å². The lowest BCUT2D eigenvalue weighted by atomic mass is 9.68. The number of rotatable bonds is 5. The highest BCUT2D eigenvalue weighted by molar-refractivity contribution is 7.92. The molecule has 0 aromatic heterocycles. The minimum atomic E-state index is -3.32. The quantitative estimate of drug-likeness (QED) is 0.891. The van der Waals surface area contributed by atoms with Gasteiger partial charge in [0.05, 0.1) is 13.4 Å². The van der Waals surface area contributed by atoms with Gasteiger partial charge < -0.3 is 4.74 Å². The third-order valence-electron chi connectivity index (χ3n) is 4.43. The molecule has 0 bridgehead atoms. The normalized spacial score (nSPS) is 20.3. The number of hydrogen-bond acceptors (Lipinski definition) is 3. The highest BCUT2D eigenvalue weighted by Crippen LogP contribution is 2.50. The Kier molecular flexibility index (Phi) is 4.49. The summed E-state index contributed by atoms with van der Waals surface area (Å²) in [5.41, 5.74) is 2.52. The summed E-state index contributed by atoms with van der Waals surface area (Å²) in [7, 11) is -1.72. The maximum atomic E-state index is 13.4. The summed E-state index contributed by atoms with van der Waals surface area (Å²) >= 11 is 0. The van der Waals surface area contributed by atoms with E-state index in [0.717, 1.165) is 36.0 Å². The fraction of sp³-hybridized carbons (Fsp3) is 0.333. The smallest absolute Gasteiger partial charge is 0.229 e. The van der Waals surface area contributed by atoms with Gasteiger partial charge in [-0.05, 0) is 66.1 Å². The average molecular weight is 349 g/mol. The van der Waals surface area contributed by atoms with Gasteiger partial charge in [0.25, 0.3) is 0 Å². The third kappa shape index (κ3) is 3.70. The van der Waals surface area contributed by atoms with Crippen LogP contribution >= 0.6 is 0 Å². The third-order valence-corrected chi connectivity index (χ3v) is 5.04. The van der Waals surface area contributed by atoms with Gasteiger partial charge in [0.2, 0.25) is 10.0 Å². The molecule has 1 aliphatic rings. The van der Waals surface area contributed by atoms with Crippen LogP contribution in [0.15, 0.2) is 42.5 Å². The molecule has 1 aliphatic carbocycles.